The van der Waals surface area contributed by atoms with Crippen molar-refractivity contribution in [2.75, 3.05) is 4.90 Å². The Morgan fingerprint density at radius 1 is 0.931 bits per heavy atom. The van der Waals surface area contributed by atoms with Gasteiger partial charge in [-0.3, -0.25) is 14.5 Å². The minimum atomic E-state index is -0.182. The Labute approximate surface area is 175 Å². The van der Waals surface area contributed by atoms with Crippen LogP contribution in [0.15, 0.2) is 65.3 Å². The van der Waals surface area contributed by atoms with Crippen molar-refractivity contribution in [1.29, 1.82) is 0 Å². The third-order valence-electron chi connectivity index (χ3n) is 6.42. The number of allylic oxidation sites excluding steroid dienone is 2. The summed E-state index contributed by atoms with van der Waals surface area (Å²) in [4.78, 5) is 36.4. The number of carbonyl (C=O) groups is 2. The van der Waals surface area contributed by atoms with Crippen LogP contribution in [0.25, 0.3) is 22.3 Å². The van der Waals surface area contributed by atoms with Gasteiger partial charge in [0.1, 0.15) is 0 Å². The predicted octanol–water partition coefficient (Wildman–Crippen LogP) is 4.37. The van der Waals surface area contributed by atoms with E-state index in [-0.39, 0.29) is 35.5 Å². The molecule has 6 rings (SSSR count). The fourth-order valence-corrected chi connectivity index (χ4v) is 5.55. The van der Waals surface area contributed by atoms with Crippen LogP contribution in [-0.2, 0) is 9.59 Å². The number of imide groups is 1. The molecular formula is C23H16BrN3O2. The van der Waals surface area contributed by atoms with Gasteiger partial charge in [0.15, 0.2) is 5.82 Å². The Kier molecular flexibility index (Phi) is 3.56. The van der Waals surface area contributed by atoms with Gasteiger partial charge in [-0.2, -0.15) is 0 Å². The highest BCUT2D eigenvalue weighted by Crippen LogP contribution is 2.53. The van der Waals surface area contributed by atoms with Gasteiger partial charge >= 0.3 is 0 Å². The van der Waals surface area contributed by atoms with Crippen LogP contribution >= 0.6 is 15.9 Å². The lowest BCUT2D eigenvalue weighted by atomic mass is 9.85. The Morgan fingerprint density at radius 3 is 2.31 bits per heavy atom. The quantitative estimate of drug-likeness (QED) is 0.433. The fourth-order valence-electron chi connectivity index (χ4n) is 5.08. The molecule has 1 aliphatic heterocycles. The van der Waals surface area contributed by atoms with E-state index in [1.807, 2.05) is 42.5 Å². The Bertz CT molecular complexity index is 1190. The number of hydrogen-bond acceptors (Lipinski definition) is 4. The molecule has 4 atom stereocenters. The molecule has 0 N–H and O–H groups in total. The maximum Gasteiger partial charge on any atom is 0.238 e. The van der Waals surface area contributed by atoms with E-state index < -0.39 is 0 Å². The molecule has 1 saturated carbocycles. The number of para-hydroxylation sites is 1. The summed E-state index contributed by atoms with van der Waals surface area (Å²) in [6, 6.07) is 13.2. The van der Waals surface area contributed by atoms with Crippen molar-refractivity contribution >= 4 is 44.3 Å². The average molecular weight is 446 g/mol. The van der Waals surface area contributed by atoms with Crippen LogP contribution in [0.3, 0.4) is 0 Å². The van der Waals surface area contributed by atoms with Gasteiger partial charge in [-0.25, -0.2) is 9.97 Å². The SMILES string of the molecule is O=C1[C@@H]2[C@H](C(=O)N1c1ccc(-c3ncc4cccc(Br)c4n3)cc1)C1C=C[C@H]2C1. The van der Waals surface area contributed by atoms with Crippen molar-refractivity contribution in [3.8, 4) is 11.4 Å². The van der Waals surface area contributed by atoms with Crippen LogP contribution in [0.2, 0.25) is 0 Å². The lowest BCUT2D eigenvalue weighted by Gasteiger charge is -2.17. The van der Waals surface area contributed by atoms with E-state index in [9.17, 15) is 9.59 Å². The van der Waals surface area contributed by atoms with Crippen LogP contribution in [0.5, 0.6) is 0 Å². The topological polar surface area (TPSA) is 63.2 Å². The maximum atomic E-state index is 13.0. The number of carbonyl (C=O) groups excluding carboxylic acids is 2. The molecule has 2 heterocycles. The molecule has 1 unspecified atom stereocenters. The fraction of sp³-hybridized carbons (Fsp3) is 0.217. The maximum absolute atomic E-state index is 13.0. The van der Waals surface area contributed by atoms with Crippen LogP contribution in [0, 0.1) is 23.7 Å². The van der Waals surface area contributed by atoms with Gasteiger partial charge in [-0.15, -0.1) is 0 Å². The molecule has 2 amide bonds. The second-order valence-corrected chi connectivity index (χ2v) is 8.78. The second kappa shape index (κ2) is 6.07. The van der Waals surface area contributed by atoms with Crippen LogP contribution < -0.4 is 4.90 Å². The molecule has 1 saturated heterocycles. The van der Waals surface area contributed by atoms with E-state index in [1.54, 1.807) is 6.20 Å². The second-order valence-electron chi connectivity index (χ2n) is 7.93. The molecule has 2 aromatic carbocycles. The van der Waals surface area contributed by atoms with Gasteiger partial charge in [-0.1, -0.05) is 24.3 Å². The number of fused-ring (bicyclic) bond motifs is 6. The Hall–Kier alpha value is -2.86. The largest absolute Gasteiger partial charge is 0.274 e. The Balaban J connectivity index is 1.33. The smallest absolute Gasteiger partial charge is 0.238 e. The third kappa shape index (κ3) is 2.38. The number of amides is 2. The number of nitrogens with zero attached hydrogens (tertiary/aromatic N) is 3. The summed E-state index contributed by atoms with van der Waals surface area (Å²) in [6.07, 6.45) is 6.96. The summed E-state index contributed by atoms with van der Waals surface area (Å²) < 4.78 is 0.915. The first kappa shape index (κ1) is 17.0. The number of benzene rings is 2. The van der Waals surface area contributed by atoms with Gasteiger partial charge in [0, 0.05) is 21.6 Å². The normalized spacial score (nSPS) is 27.3. The lowest BCUT2D eigenvalue weighted by molar-refractivity contribution is -0.123. The molecule has 0 radical (unpaired) electrons. The van der Waals surface area contributed by atoms with E-state index in [0.717, 1.165) is 27.4 Å². The molecule has 3 aromatic rings. The van der Waals surface area contributed by atoms with Crippen LogP contribution in [0.4, 0.5) is 5.69 Å². The standard InChI is InChI=1S/C23H16BrN3O2/c24-17-3-1-2-15-11-25-21(26-20(15)17)12-6-8-16(9-7-12)27-22(28)18-13-4-5-14(10-13)19(18)23(27)29/h1-9,11,13-14,18-19H,10H2/t13-,14?,18-,19+/m0/s1. The van der Waals surface area contributed by atoms with Gasteiger partial charge in [0.25, 0.3) is 0 Å². The molecule has 2 aliphatic carbocycles. The van der Waals surface area contributed by atoms with Gasteiger partial charge in [-0.05, 0) is 64.5 Å². The summed E-state index contributed by atoms with van der Waals surface area (Å²) in [5, 5.41) is 0.961. The summed E-state index contributed by atoms with van der Waals surface area (Å²) in [5.41, 5.74) is 2.31. The molecule has 2 fully saturated rings. The number of hydrogen-bond donors (Lipinski definition) is 0. The summed E-state index contributed by atoms with van der Waals surface area (Å²) in [6.45, 7) is 0. The van der Waals surface area contributed by atoms with Crippen LogP contribution in [0.1, 0.15) is 6.42 Å². The van der Waals surface area contributed by atoms with E-state index in [2.05, 4.69) is 38.0 Å². The molecular weight excluding hydrogens is 430 g/mol. The zero-order chi connectivity index (χ0) is 19.7. The van der Waals surface area contributed by atoms with Gasteiger partial charge < -0.3 is 0 Å². The summed E-state index contributed by atoms with van der Waals surface area (Å²) >= 11 is 3.53. The first-order valence-corrected chi connectivity index (χ1v) is 10.5. The van der Waals surface area contributed by atoms with Crippen molar-refractivity contribution in [1.82, 2.24) is 9.97 Å². The summed E-state index contributed by atoms with van der Waals surface area (Å²) in [7, 11) is 0. The van der Waals surface area contributed by atoms with Gasteiger partial charge in [0.2, 0.25) is 11.8 Å². The number of halogens is 1. The van der Waals surface area contributed by atoms with E-state index in [4.69, 9.17) is 0 Å². The average Bonchev–Trinajstić information content (AvgIpc) is 3.42. The van der Waals surface area contributed by atoms with Crippen molar-refractivity contribution in [2.45, 2.75) is 6.42 Å². The predicted molar refractivity (Wildman–Crippen MR) is 113 cm³/mol. The van der Waals surface area contributed by atoms with Crippen molar-refractivity contribution in [2.24, 2.45) is 23.7 Å². The van der Waals surface area contributed by atoms with Crippen molar-refractivity contribution in [3.05, 3.63) is 65.3 Å². The molecule has 1 aromatic heterocycles. The molecule has 6 heteroatoms. The lowest BCUT2D eigenvalue weighted by Crippen LogP contribution is -2.32. The monoisotopic (exact) mass is 445 g/mol. The van der Waals surface area contributed by atoms with Crippen molar-refractivity contribution in [3.63, 3.8) is 0 Å². The minimum Gasteiger partial charge on any atom is -0.274 e. The minimum absolute atomic E-state index is 0.0597. The van der Waals surface area contributed by atoms with E-state index in [1.165, 1.54) is 4.90 Å². The van der Waals surface area contributed by atoms with Crippen LogP contribution in [-0.4, -0.2) is 21.8 Å². The molecule has 29 heavy (non-hydrogen) atoms. The summed E-state index contributed by atoms with van der Waals surface area (Å²) in [5.74, 6) is 0.558. The molecule has 3 aliphatic rings. The molecule has 5 nitrogen and oxygen atoms in total. The zero-order valence-electron chi connectivity index (χ0n) is 15.3. The third-order valence-corrected chi connectivity index (χ3v) is 7.06. The van der Waals surface area contributed by atoms with Gasteiger partial charge in [0.05, 0.1) is 23.0 Å². The Morgan fingerprint density at radius 2 is 1.62 bits per heavy atom. The first-order chi connectivity index (χ1) is 14.1. The van der Waals surface area contributed by atoms with E-state index in [0.29, 0.717) is 11.5 Å². The van der Waals surface area contributed by atoms with E-state index >= 15 is 0 Å². The molecule has 0 spiro atoms. The molecule has 2 bridgehead atoms. The molecule has 142 valence electrons. The first-order valence-electron chi connectivity index (χ1n) is 9.69. The number of aromatic nitrogens is 2. The highest BCUT2D eigenvalue weighted by molar-refractivity contribution is 9.10. The highest BCUT2D eigenvalue weighted by Gasteiger charge is 2.59. The highest BCUT2D eigenvalue weighted by atomic mass is 79.9. The number of anilines is 1. The number of rotatable bonds is 2. The van der Waals surface area contributed by atoms with Crippen molar-refractivity contribution < 1.29 is 9.59 Å². The zero-order valence-corrected chi connectivity index (χ0v) is 16.9.